The zero-order chi connectivity index (χ0) is 30.5. The quantitative estimate of drug-likeness (QED) is 0.224. The Kier molecular flexibility index (Phi) is 7.20. The Balaban J connectivity index is 1.32. The average Bonchev–Trinajstić information content (AvgIpc) is 3.39. The largest absolute Gasteiger partial charge is 0.490 e. The molecule has 1 saturated carbocycles. The lowest BCUT2D eigenvalue weighted by Crippen LogP contribution is -2.56. The standard InChI is InChI=1S/C30H32F2N8O3/c1-15(2)40-23(7-10-34-40)28(41)39-38-26(25-20-11-18(31)12-21(32)27(20)43-14-30(25)8-9-30)29(42)35-19-5-6-22(33-13-19)24-16(3)36-37-17(24)4/h5-7,10-13,15,25-26,38H,8-9,14H2,1-4H3,(H,35,42)(H,36,37)(H,39,41)/t25?,26-/m0/s1. The van der Waals surface area contributed by atoms with Crippen LogP contribution in [0.3, 0.4) is 0 Å². The molecule has 0 saturated heterocycles. The summed E-state index contributed by atoms with van der Waals surface area (Å²) in [6.07, 6.45) is 4.42. The molecule has 2 atom stereocenters. The summed E-state index contributed by atoms with van der Waals surface area (Å²) >= 11 is 0. The molecular formula is C30H32F2N8O3. The molecule has 0 radical (unpaired) electrons. The molecule has 1 unspecified atom stereocenters. The molecule has 1 aromatic carbocycles. The van der Waals surface area contributed by atoms with Gasteiger partial charge in [-0.3, -0.25) is 29.8 Å². The Hall–Kier alpha value is -4.65. The van der Waals surface area contributed by atoms with Gasteiger partial charge in [-0.15, -0.1) is 0 Å². The second-order valence-electron chi connectivity index (χ2n) is 11.5. The van der Waals surface area contributed by atoms with Gasteiger partial charge in [0, 0.05) is 46.5 Å². The molecule has 6 rings (SSSR count). The number of aromatic nitrogens is 5. The smallest absolute Gasteiger partial charge is 0.283 e. The van der Waals surface area contributed by atoms with Gasteiger partial charge in [0.25, 0.3) is 5.91 Å². The third-order valence-corrected chi connectivity index (χ3v) is 8.19. The number of pyridine rings is 1. The van der Waals surface area contributed by atoms with Crippen LogP contribution in [0.25, 0.3) is 11.3 Å². The molecule has 4 aromatic rings. The summed E-state index contributed by atoms with van der Waals surface area (Å²) in [6.45, 7) is 7.71. The highest BCUT2D eigenvalue weighted by atomic mass is 19.1. The van der Waals surface area contributed by atoms with Crippen LogP contribution in [-0.2, 0) is 4.79 Å². The number of aryl methyl sites for hydroxylation is 2. The minimum Gasteiger partial charge on any atom is -0.490 e. The number of hydrogen-bond acceptors (Lipinski definition) is 7. The maximum Gasteiger partial charge on any atom is 0.283 e. The van der Waals surface area contributed by atoms with Gasteiger partial charge in [0.1, 0.15) is 17.6 Å². The van der Waals surface area contributed by atoms with Gasteiger partial charge in [-0.05, 0) is 64.8 Å². The molecule has 1 fully saturated rings. The zero-order valence-electron chi connectivity index (χ0n) is 24.2. The van der Waals surface area contributed by atoms with Crippen molar-refractivity contribution in [1.82, 2.24) is 35.8 Å². The number of carbonyl (C=O) groups excluding carboxylic acids is 2. The van der Waals surface area contributed by atoms with E-state index in [1.807, 2.05) is 27.7 Å². The van der Waals surface area contributed by atoms with Gasteiger partial charge in [-0.25, -0.2) is 14.2 Å². The number of benzene rings is 1. The molecule has 0 bridgehead atoms. The predicted octanol–water partition coefficient (Wildman–Crippen LogP) is 4.34. The van der Waals surface area contributed by atoms with Gasteiger partial charge in [-0.2, -0.15) is 10.2 Å². The van der Waals surface area contributed by atoms with E-state index in [0.29, 0.717) is 24.2 Å². The van der Waals surface area contributed by atoms with Crippen LogP contribution in [0.15, 0.2) is 42.7 Å². The van der Waals surface area contributed by atoms with Crippen molar-refractivity contribution in [2.24, 2.45) is 5.41 Å². The number of aromatic amines is 1. The van der Waals surface area contributed by atoms with Gasteiger partial charge in [0.2, 0.25) is 5.91 Å². The number of fused-ring (bicyclic) bond motifs is 1. The van der Waals surface area contributed by atoms with Crippen LogP contribution >= 0.6 is 0 Å². The number of amides is 2. The van der Waals surface area contributed by atoms with Crippen LogP contribution in [0.4, 0.5) is 14.5 Å². The number of nitrogens with one attached hydrogen (secondary N) is 4. The van der Waals surface area contributed by atoms with E-state index in [0.717, 1.165) is 23.0 Å². The topological polar surface area (TPSA) is 139 Å². The lowest BCUT2D eigenvalue weighted by atomic mass is 9.76. The third-order valence-electron chi connectivity index (χ3n) is 8.19. The molecule has 3 aromatic heterocycles. The van der Waals surface area contributed by atoms with Crippen LogP contribution in [0.1, 0.15) is 66.1 Å². The molecule has 1 spiro atoms. The minimum atomic E-state index is -1.12. The molecular weight excluding hydrogens is 558 g/mol. The number of hydrazine groups is 1. The van der Waals surface area contributed by atoms with Crippen molar-refractivity contribution < 1.29 is 23.1 Å². The minimum absolute atomic E-state index is 0.0806. The average molecular weight is 591 g/mol. The number of H-pyrrole nitrogens is 1. The SMILES string of the molecule is Cc1n[nH]c(C)c1-c1ccc(NC(=O)[C@@H](NNC(=O)c2ccnn2C(C)C)C2c3cc(F)cc(F)c3OCC23CC3)cn1. The number of hydrogen-bond donors (Lipinski definition) is 4. The van der Waals surface area contributed by atoms with Gasteiger partial charge in [0.15, 0.2) is 11.6 Å². The molecule has 43 heavy (non-hydrogen) atoms. The monoisotopic (exact) mass is 590 g/mol. The zero-order valence-corrected chi connectivity index (χ0v) is 24.2. The van der Waals surface area contributed by atoms with Gasteiger partial charge >= 0.3 is 0 Å². The number of anilines is 1. The molecule has 1 aliphatic carbocycles. The molecule has 224 valence electrons. The lowest BCUT2D eigenvalue weighted by Gasteiger charge is -2.38. The predicted molar refractivity (Wildman–Crippen MR) is 153 cm³/mol. The molecule has 2 amide bonds. The summed E-state index contributed by atoms with van der Waals surface area (Å²) in [5.41, 5.74) is 9.17. The van der Waals surface area contributed by atoms with E-state index < -0.39 is 40.8 Å². The number of ether oxygens (including phenoxy) is 1. The van der Waals surface area contributed by atoms with Crippen molar-refractivity contribution in [3.8, 4) is 17.0 Å². The Bertz CT molecular complexity index is 1670. The van der Waals surface area contributed by atoms with Crippen LogP contribution in [0, 0.1) is 30.9 Å². The van der Waals surface area contributed by atoms with Crippen molar-refractivity contribution in [3.05, 3.63) is 77.0 Å². The first-order valence-electron chi connectivity index (χ1n) is 14.1. The van der Waals surface area contributed by atoms with Crippen LogP contribution in [0.2, 0.25) is 0 Å². The third kappa shape index (κ3) is 5.24. The first kappa shape index (κ1) is 28.5. The fraction of sp³-hybridized carbons (Fsp3) is 0.367. The highest BCUT2D eigenvalue weighted by molar-refractivity contribution is 5.97. The number of nitrogens with zero attached hydrogens (tertiary/aromatic N) is 4. The van der Waals surface area contributed by atoms with Gasteiger partial charge in [-0.1, -0.05) is 0 Å². The Morgan fingerprint density at radius 3 is 2.60 bits per heavy atom. The summed E-state index contributed by atoms with van der Waals surface area (Å²) in [7, 11) is 0. The second-order valence-corrected chi connectivity index (χ2v) is 11.5. The molecule has 4 heterocycles. The Labute approximate surface area is 246 Å². The lowest BCUT2D eigenvalue weighted by molar-refractivity contribution is -0.119. The summed E-state index contributed by atoms with van der Waals surface area (Å²) < 4.78 is 36.7. The Morgan fingerprint density at radius 2 is 1.95 bits per heavy atom. The van der Waals surface area contributed by atoms with Gasteiger partial charge in [0.05, 0.1) is 29.9 Å². The fourth-order valence-corrected chi connectivity index (χ4v) is 5.93. The normalized spacial score (nSPS) is 17.3. The maximum atomic E-state index is 14.8. The summed E-state index contributed by atoms with van der Waals surface area (Å²) in [4.78, 5) is 31.7. The first-order chi connectivity index (χ1) is 20.6. The van der Waals surface area contributed by atoms with Crippen molar-refractivity contribution in [2.45, 2.75) is 58.5 Å². The molecule has 4 N–H and O–H groups in total. The van der Waals surface area contributed by atoms with E-state index in [9.17, 15) is 18.4 Å². The summed E-state index contributed by atoms with van der Waals surface area (Å²) in [6, 6.07) is 5.81. The fourth-order valence-electron chi connectivity index (χ4n) is 5.93. The number of carbonyl (C=O) groups is 2. The Morgan fingerprint density at radius 1 is 1.16 bits per heavy atom. The number of rotatable bonds is 8. The van der Waals surface area contributed by atoms with E-state index in [4.69, 9.17) is 4.74 Å². The van der Waals surface area contributed by atoms with Crippen molar-refractivity contribution in [3.63, 3.8) is 0 Å². The molecule has 2 aliphatic rings. The first-order valence-corrected chi connectivity index (χ1v) is 14.1. The van der Waals surface area contributed by atoms with Crippen LogP contribution in [-0.4, -0.2) is 49.4 Å². The maximum absolute atomic E-state index is 14.8. The van der Waals surface area contributed by atoms with Crippen molar-refractivity contribution in [1.29, 1.82) is 0 Å². The molecule has 13 heteroatoms. The highest BCUT2D eigenvalue weighted by Gasteiger charge is 2.58. The second kappa shape index (κ2) is 10.9. The molecule has 11 nitrogen and oxygen atoms in total. The van der Waals surface area contributed by atoms with E-state index in [-0.39, 0.29) is 29.7 Å². The van der Waals surface area contributed by atoms with E-state index in [2.05, 4.69) is 36.4 Å². The summed E-state index contributed by atoms with van der Waals surface area (Å²) in [5.74, 6) is -3.45. The van der Waals surface area contributed by atoms with E-state index in [1.54, 1.807) is 22.9 Å². The van der Waals surface area contributed by atoms with Crippen molar-refractivity contribution >= 4 is 17.5 Å². The molecule has 1 aliphatic heterocycles. The van der Waals surface area contributed by atoms with Crippen LogP contribution < -0.4 is 20.9 Å². The van der Waals surface area contributed by atoms with Crippen molar-refractivity contribution in [2.75, 3.05) is 11.9 Å². The van der Waals surface area contributed by atoms with E-state index >= 15 is 0 Å². The highest BCUT2D eigenvalue weighted by Crippen LogP contribution is 2.61. The van der Waals surface area contributed by atoms with Gasteiger partial charge < -0.3 is 10.1 Å². The summed E-state index contributed by atoms with van der Waals surface area (Å²) in [5, 5.41) is 14.2. The van der Waals surface area contributed by atoms with Crippen LogP contribution in [0.5, 0.6) is 5.75 Å². The van der Waals surface area contributed by atoms with E-state index in [1.165, 1.54) is 18.5 Å². The number of halogens is 2.